The van der Waals surface area contributed by atoms with Crippen molar-refractivity contribution in [2.75, 3.05) is 38.7 Å². The summed E-state index contributed by atoms with van der Waals surface area (Å²) in [7, 11) is 1.90. The number of fused-ring (bicyclic) bond motifs is 1. The fraction of sp³-hybridized carbons (Fsp3) is 0.724. The summed E-state index contributed by atoms with van der Waals surface area (Å²) < 4.78 is 12.5. The van der Waals surface area contributed by atoms with Gasteiger partial charge >= 0.3 is 0 Å². The van der Waals surface area contributed by atoms with Gasteiger partial charge in [-0.3, -0.25) is 9.59 Å². The quantitative estimate of drug-likeness (QED) is 0.523. The number of benzene rings is 1. The summed E-state index contributed by atoms with van der Waals surface area (Å²) in [5, 5.41) is 16.3. The molecule has 1 aliphatic heterocycles. The molecule has 2 amide bonds. The lowest BCUT2D eigenvalue weighted by atomic mass is 9.88. The van der Waals surface area contributed by atoms with Crippen molar-refractivity contribution in [3.05, 3.63) is 23.8 Å². The van der Waals surface area contributed by atoms with E-state index in [1.165, 1.54) is 6.42 Å². The highest BCUT2D eigenvalue weighted by atomic mass is 16.5. The summed E-state index contributed by atoms with van der Waals surface area (Å²) >= 11 is 0. The SMILES string of the molecule is CNC[C@@H]1OCCCC[C@@H](C)Oc2ccc(NC(=O)C3CCCCC3)cc2C(=O)N([C@H](C)CO)C[C@@H]1C. The molecule has 3 rings (SSSR count). The lowest BCUT2D eigenvalue weighted by molar-refractivity contribution is -0.120. The number of nitrogens with one attached hydrogen (secondary N) is 2. The number of aliphatic hydroxyl groups is 1. The van der Waals surface area contributed by atoms with E-state index in [0.29, 0.717) is 36.7 Å². The minimum Gasteiger partial charge on any atom is -0.490 e. The van der Waals surface area contributed by atoms with E-state index >= 15 is 0 Å². The third-order valence-electron chi connectivity index (χ3n) is 7.70. The van der Waals surface area contributed by atoms with Gasteiger partial charge in [-0.2, -0.15) is 0 Å². The zero-order valence-electron chi connectivity index (χ0n) is 23.1. The van der Waals surface area contributed by atoms with Crippen molar-refractivity contribution < 1.29 is 24.2 Å². The maximum atomic E-state index is 14.0. The Morgan fingerprint density at radius 3 is 2.57 bits per heavy atom. The first kappa shape index (κ1) is 29.4. The molecule has 1 aliphatic carbocycles. The van der Waals surface area contributed by atoms with E-state index in [2.05, 4.69) is 17.6 Å². The Balaban J connectivity index is 1.93. The number of carbonyl (C=O) groups is 2. The number of hydrogen-bond donors (Lipinski definition) is 3. The van der Waals surface area contributed by atoms with Gasteiger partial charge in [-0.05, 0) is 71.2 Å². The van der Waals surface area contributed by atoms with Gasteiger partial charge in [0.25, 0.3) is 5.91 Å². The zero-order chi connectivity index (χ0) is 26.8. The van der Waals surface area contributed by atoms with E-state index in [0.717, 1.165) is 44.9 Å². The lowest BCUT2D eigenvalue weighted by Crippen LogP contribution is -2.47. The van der Waals surface area contributed by atoms with Crippen LogP contribution >= 0.6 is 0 Å². The van der Waals surface area contributed by atoms with E-state index in [-0.39, 0.29) is 48.5 Å². The van der Waals surface area contributed by atoms with Crippen LogP contribution < -0.4 is 15.4 Å². The molecule has 1 saturated carbocycles. The van der Waals surface area contributed by atoms with Gasteiger partial charge in [0, 0.05) is 37.2 Å². The van der Waals surface area contributed by atoms with Crippen LogP contribution in [0.4, 0.5) is 5.69 Å². The Labute approximate surface area is 222 Å². The van der Waals surface area contributed by atoms with Gasteiger partial charge in [-0.15, -0.1) is 0 Å². The summed E-state index contributed by atoms with van der Waals surface area (Å²) in [6, 6.07) is 4.97. The van der Waals surface area contributed by atoms with Crippen LogP contribution in [0.3, 0.4) is 0 Å². The molecule has 208 valence electrons. The van der Waals surface area contributed by atoms with Crippen molar-refractivity contribution in [3.8, 4) is 5.75 Å². The summed E-state index contributed by atoms with van der Waals surface area (Å²) in [6.07, 6.45) is 7.79. The van der Waals surface area contributed by atoms with Gasteiger partial charge in [0.15, 0.2) is 0 Å². The predicted molar refractivity (Wildman–Crippen MR) is 146 cm³/mol. The fourth-order valence-electron chi connectivity index (χ4n) is 5.30. The van der Waals surface area contributed by atoms with Crippen molar-refractivity contribution in [2.24, 2.45) is 11.8 Å². The molecule has 0 spiro atoms. The van der Waals surface area contributed by atoms with Crippen molar-refractivity contribution in [3.63, 3.8) is 0 Å². The van der Waals surface area contributed by atoms with Crippen molar-refractivity contribution in [1.82, 2.24) is 10.2 Å². The molecule has 1 aromatic rings. The van der Waals surface area contributed by atoms with Crippen LogP contribution in [-0.2, 0) is 9.53 Å². The first-order valence-corrected chi connectivity index (χ1v) is 14.1. The molecule has 3 N–H and O–H groups in total. The molecule has 1 fully saturated rings. The predicted octanol–water partition coefficient (Wildman–Crippen LogP) is 4.22. The molecule has 8 heteroatoms. The summed E-state index contributed by atoms with van der Waals surface area (Å²) in [5.74, 6) is 0.375. The normalized spacial score (nSPS) is 25.5. The molecule has 2 aliphatic rings. The maximum Gasteiger partial charge on any atom is 0.258 e. The van der Waals surface area contributed by atoms with Crippen molar-refractivity contribution >= 4 is 17.5 Å². The summed E-state index contributed by atoms with van der Waals surface area (Å²) in [5.41, 5.74) is 1.00. The van der Waals surface area contributed by atoms with Gasteiger partial charge in [-0.1, -0.05) is 26.2 Å². The van der Waals surface area contributed by atoms with Gasteiger partial charge in [0.05, 0.1) is 30.4 Å². The molecular weight excluding hydrogens is 470 g/mol. The molecule has 1 aromatic carbocycles. The molecule has 0 bridgehead atoms. The van der Waals surface area contributed by atoms with E-state index in [4.69, 9.17) is 9.47 Å². The number of hydrogen-bond acceptors (Lipinski definition) is 6. The largest absolute Gasteiger partial charge is 0.490 e. The van der Waals surface area contributed by atoms with Crippen molar-refractivity contribution in [2.45, 2.75) is 90.4 Å². The summed E-state index contributed by atoms with van der Waals surface area (Å²) in [6.45, 7) is 7.57. The minimum atomic E-state index is -0.385. The average molecular weight is 518 g/mol. The van der Waals surface area contributed by atoms with Crippen LogP contribution in [-0.4, -0.2) is 73.4 Å². The lowest BCUT2D eigenvalue weighted by Gasteiger charge is -2.34. The highest BCUT2D eigenvalue weighted by molar-refractivity contribution is 6.00. The standard InChI is InChI=1S/C29H47N3O5/c1-20-18-32(21(2)19-33)29(35)25-16-24(31-28(34)23-11-6-5-7-12-23)13-14-26(25)37-22(3)10-8-9-15-36-27(20)17-30-4/h13-14,16,20-23,27,30,33H,5-12,15,17-19H2,1-4H3,(H,31,34)/t20-,21+,22+,27-/m0/s1. The monoisotopic (exact) mass is 517 g/mol. The van der Waals surface area contributed by atoms with Gasteiger partial charge in [0.1, 0.15) is 5.75 Å². The Kier molecular flexibility index (Phi) is 11.7. The highest BCUT2D eigenvalue weighted by Gasteiger charge is 2.30. The Hall–Kier alpha value is -2.16. The topological polar surface area (TPSA) is 100 Å². The third kappa shape index (κ3) is 8.42. The van der Waals surface area contributed by atoms with E-state index in [1.54, 1.807) is 17.0 Å². The van der Waals surface area contributed by atoms with Crippen LogP contribution in [0.2, 0.25) is 0 Å². The fourth-order valence-corrected chi connectivity index (χ4v) is 5.30. The molecule has 0 saturated heterocycles. The number of anilines is 1. The number of nitrogens with zero attached hydrogens (tertiary/aromatic N) is 1. The average Bonchev–Trinajstić information content (AvgIpc) is 2.90. The minimum absolute atomic E-state index is 0.0172. The number of likely N-dealkylation sites (N-methyl/N-ethyl adjacent to an activating group) is 1. The molecule has 1 heterocycles. The number of amides is 2. The third-order valence-corrected chi connectivity index (χ3v) is 7.70. The number of ether oxygens (including phenoxy) is 2. The number of rotatable bonds is 6. The molecule has 8 nitrogen and oxygen atoms in total. The Bertz CT molecular complexity index is 873. The van der Waals surface area contributed by atoms with E-state index in [1.807, 2.05) is 27.0 Å². The second-order valence-corrected chi connectivity index (χ2v) is 10.9. The number of carbonyl (C=O) groups excluding carboxylic acids is 2. The van der Waals surface area contributed by atoms with Gasteiger partial charge in [0.2, 0.25) is 5.91 Å². The van der Waals surface area contributed by atoms with Crippen LogP contribution in [0.5, 0.6) is 5.75 Å². The molecule has 4 atom stereocenters. The highest BCUT2D eigenvalue weighted by Crippen LogP contribution is 2.30. The first-order valence-electron chi connectivity index (χ1n) is 14.1. The van der Waals surface area contributed by atoms with Crippen LogP contribution in [0.1, 0.15) is 82.5 Å². The Morgan fingerprint density at radius 1 is 1.14 bits per heavy atom. The summed E-state index contributed by atoms with van der Waals surface area (Å²) in [4.78, 5) is 28.7. The zero-order valence-corrected chi connectivity index (χ0v) is 23.1. The molecule has 0 aromatic heterocycles. The van der Waals surface area contributed by atoms with E-state index < -0.39 is 0 Å². The second kappa shape index (κ2) is 14.7. The maximum absolute atomic E-state index is 14.0. The first-order chi connectivity index (χ1) is 17.8. The molecular formula is C29H47N3O5. The Morgan fingerprint density at radius 2 is 1.86 bits per heavy atom. The molecule has 0 unspecified atom stereocenters. The van der Waals surface area contributed by atoms with Gasteiger partial charge in [-0.25, -0.2) is 0 Å². The molecule has 0 radical (unpaired) electrons. The number of aliphatic hydroxyl groups excluding tert-OH is 1. The van der Waals surface area contributed by atoms with Gasteiger partial charge < -0.3 is 30.1 Å². The van der Waals surface area contributed by atoms with Crippen LogP contribution in [0.15, 0.2) is 18.2 Å². The van der Waals surface area contributed by atoms with Crippen molar-refractivity contribution in [1.29, 1.82) is 0 Å². The van der Waals surface area contributed by atoms with Crippen LogP contribution in [0, 0.1) is 11.8 Å². The van der Waals surface area contributed by atoms with Crippen LogP contribution in [0.25, 0.3) is 0 Å². The second-order valence-electron chi connectivity index (χ2n) is 10.9. The van der Waals surface area contributed by atoms with E-state index in [9.17, 15) is 14.7 Å². The smallest absolute Gasteiger partial charge is 0.258 e. The molecule has 37 heavy (non-hydrogen) atoms.